The molecule has 1 aromatic heterocycles. The van der Waals surface area contributed by atoms with Gasteiger partial charge < -0.3 is 10.6 Å². The predicted octanol–water partition coefficient (Wildman–Crippen LogP) is 4.44. The van der Waals surface area contributed by atoms with E-state index in [4.69, 9.17) is 4.98 Å². The van der Waals surface area contributed by atoms with Crippen molar-refractivity contribution in [3.05, 3.63) is 11.9 Å². The number of nitrogens with zero attached hydrogens (tertiary/aromatic N) is 2. The Morgan fingerprint density at radius 2 is 1.71 bits per heavy atom. The summed E-state index contributed by atoms with van der Waals surface area (Å²) >= 11 is 0. The average molecular weight is 292 g/mol. The Kier molecular flexibility index (Phi) is 6.43. The summed E-state index contributed by atoms with van der Waals surface area (Å²) < 4.78 is 0. The Labute approximate surface area is 130 Å². The number of aromatic nitrogens is 2. The molecule has 0 fully saturated rings. The molecule has 0 aliphatic rings. The van der Waals surface area contributed by atoms with E-state index in [1.807, 2.05) is 6.07 Å². The Balaban J connectivity index is 3.01. The molecule has 2 atom stereocenters. The lowest BCUT2D eigenvalue weighted by Gasteiger charge is -2.23. The molecule has 0 aliphatic carbocycles. The molecule has 0 aliphatic heterocycles. The van der Waals surface area contributed by atoms with Gasteiger partial charge in [0.05, 0.1) is 0 Å². The van der Waals surface area contributed by atoms with Crippen LogP contribution in [0.5, 0.6) is 0 Å². The molecule has 0 amide bonds. The highest BCUT2D eigenvalue weighted by Crippen LogP contribution is 2.23. The zero-order chi connectivity index (χ0) is 16.0. The Bertz CT molecular complexity index is 437. The summed E-state index contributed by atoms with van der Waals surface area (Å²) in [6.07, 6.45) is 2.24. The van der Waals surface area contributed by atoms with E-state index < -0.39 is 0 Å². The van der Waals surface area contributed by atoms with Gasteiger partial charge in [0.2, 0.25) is 0 Å². The number of hydrogen-bond donors (Lipinski definition) is 2. The standard InChI is InChI=1S/C17H32N4/c1-8-10-18-14-11-15(19-13(4)12(3)9-2)21-16(20-14)17(5,6)7/h11-13H,8-10H2,1-7H3,(H2,18,19,20,21). The highest BCUT2D eigenvalue weighted by Gasteiger charge is 2.20. The average Bonchev–Trinajstić information content (AvgIpc) is 2.42. The van der Waals surface area contributed by atoms with Gasteiger partial charge in [-0.1, -0.05) is 48.0 Å². The van der Waals surface area contributed by atoms with Crippen molar-refractivity contribution in [1.29, 1.82) is 0 Å². The van der Waals surface area contributed by atoms with Crippen LogP contribution in [0.15, 0.2) is 6.07 Å². The van der Waals surface area contributed by atoms with Crippen LogP contribution >= 0.6 is 0 Å². The summed E-state index contributed by atoms with van der Waals surface area (Å²) in [6, 6.07) is 2.42. The van der Waals surface area contributed by atoms with Crippen molar-refractivity contribution in [2.45, 2.75) is 72.8 Å². The summed E-state index contributed by atoms with van der Waals surface area (Å²) in [5, 5.41) is 6.90. The molecule has 1 aromatic rings. The summed E-state index contributed by atoms with van der Waals surface area (Å²) in [6.45, 7) is 16.2. The van der Waals surface area contributed by atoms with Crippen LogP contribution in [0.4, 0.5) is 11.6 Å². The lowest BCUT2D eigenvalue weighted by molar-refractivity contribution is 0.491. The quantitative estimate of drug-likeness (QED) is 0.780. The van der Waals surface area contributed by atoms with Crippen molar-refractivity contribution in [1.82, 2.24) is 9.97 Å². The van der Waals surface area contributed by atoms with Gasteiger partial charge in [0, 0.05) is 24.1 Å². The molecule has 0 saturated carbocycles. The first-order valence-corrected chi connectivity index (χ1v) is 8.17. The van der Waals surface area contributed by atoms with Crippen molar-refractivity contribution >= 4 is 11.6 Å². The Hall–Kier alpha value is -1.32. The van der Waals surface area contributed by atoms with E-state index in [1.54, 1.807) is 0 Å². The van der Waals surface area contributed by atoms with E-state index in [1.165, 1.54) is 0 Å². The highest BCUT2D eigenvalue weighted by atomic mass is 15.1. The minimum absolute atomic E-state index is 0.0556. The molecule has 0 spiro atoms. The van der Waals surface area contributed by atoms with Crippen LogP contribution in [-0.4, -0.2) is 22.6 Å². The maximum absolute atomic E-state index is 4.71. The first-order chi connectivity index (χ1) is 9.77. The smallest absolute Gasteiger partial charge is 0.138 e. The SMILES string of the molecule is CCCNc1cc(NC(C)C(C)CC)nc(C(C)(C)C)n1. The van der Waals surface area contributed by atoms with E-state index >= 15 is 0 Å². The summed E-state index contributed by atoms with van der Waals surface area (Å²) in [4.78, 5) is 9.36. The minimum atomic E-state index is -0.0556. The molecule has 4 nitrogen and oxygen atoms in total. The zero-order valence-corrected chi connectivity index (χ0v) is 14.7. The second kappa shape index (κ2) is 7.62. The fourth-order valence-electron chi connectivity index (χ4n) is 1.93. The van der Waals surface area contributed by atoms with Crippen molar-refractivity contribution in [2.24, 2.45) is 5.92 Å². The van der Waals surface area contributed by atoms with Crippen molar-refractivity contribution in [2.75, 3.05) is 17.2 Å². The zero-order valence-electron chi connectivity index (χ0n) is 14.7. The number of nitrogens with one attached hydrogen (secondary N) is 2. The van der Waals surface area contributed by atoms with E-state index in [9.17, 15) is 0 Å². The molecule has 0 aromatic carbocycles. The van der Waals surface area contributed by atoms with Gasteiger partial charge in [-0.15, -0.1) is 0 Å². The molecule has 0 bridgehead atoms. The molecular formula is C17H32N4. The van der Waals surface area contributed by atoms with Crippen molar-refractivity contribution in [3.8, 4) is 0 Å². The predicted molar refractivity (Wildman–Crippen MR) is 92.1 cm³/mol. The van der Waals surface area contributed by atoms with Crippen molar-refractivity contribution < 1.29 is 0 Å². The monoisotopic (exact) mass is 292 g/mol. The van der Waals surface area contributed by atoms with Crippen LogP contribution in [0.2, 0.25) is 0 Å². The minimum Gasteiger partial charge on any atom is -0.370 e. The number of hydrogen-bond acceptors (Lipinski definition) is 4. The van der Waals surface area contributed by atoms with Crippen LogP contribution < -0.4 is 10.6 Å². The Morgan fingerprint density at radius 3 is 2.24 bits per heavy atom. The highest BCUT2D eigenvalue weighted by molar-refractivity contribution is 5.48. The van der Waals surface area contributed by atoms with Crippen LogP contribution in [-0.2, 0) is 5.41 Å². The maximum atomic E-state index is 4.71. The second-order valence-corrected chi connectivity index (χ2v) is 6.96. The van der Waals surface area contributed by atoms with Gasteiger partial charge in [-0.25, -0.2) is 9.97 Å². The number of anilines is 2. The number of rotatable bonds is 7. The molecule has 0 saturated heterocycles. The van der Waals surface area contributed by atoms with Crippen molar-refractivity contribution in [3.63, 3.8) is 0 Å². The third-order valence-electron chi connectivity index (χ3n) is 3.83. The molecule has 1 rings (SSSR count). The fourth-order valence-corrected chi connectivity index (χ4v) is 1.93. The summed E-state index contributed by atoms with van der Waals surface area (Å²) in [7, 11) is 0. The molecule has 1 heterocycles. The molecule has 2 unspecified atom stereocenters. The van der Waals surface area contributed by atoms with Gasteiger partial charge in [0.1, 0.15) is 17.5 Å². The van der Waals surface area contributed by atoms with Crippen LogP contribution in [0.3, 0.4) is 0 Å². The normalized spacial score (nSPS) is 14.6. The van der Waals surface area contributed by atoms with Gasteiger partial charge >= 0.3 is 0 Å². The Morgan fingerprint density at radius 1 is 1.10 bits per heavy atom. The van der Waals surface area contributed by atoms with Gasteiger partial charge in [0.25, 0.3) is 0 Å². The molecule has 4 heteroatoms. The van der Waals surface area contributed by atoms with Crippen LogP contribution in [0.1, 0.15) is 67.1 Å². The summed E-state index contributed by atoms with van der Waals surface area (Å²) in [5.74, 6) is 3.32. The molecule has 21 heavy (non-hydrogen) atoms. The maximum Gasteiger partial charge on any atom is 0.138 e. The lowest BCUT2D eigenvalue weighted by Crippen LogP contribution is -2.25. The van der Waals surface area contributed by atoms with E-state index in [0.29, 0.717) is 12.0 Å². The first-order valence-electron chi connectivity index (χ1n) is 8.17. The molecule has 2 N–H and O–H groups in total. The lowest BCUT2D eigenvalue weighted by atomic mass is 9.95. The first kappa shape index (κ1) is 17.7. The van der Waals surface area contributed by atoms with E-state index in [0.717, 1.165) is 36.8 Å². The topological polar surface area (TPSA) is 49.8 Å². The second-order valence-electron chi connectivity index (χ2n) is 6.96. The van der Waals surface area contributed by atoms with Gasteiger partial charge in [-0.2, -0.15) is 0 Å². The van der Waals surface area contributed by atoms with E-state index in [-0.39, 0.29) is 5.41 Å². The molecular weight excluding hydrogens is 260 g/mol. The molecule has 0 radical (unpaired) electrons. The third kappa shape index (κ3) is 5.52. The van der Waals surface area contributed by atoms with E-state index in [2.05, 4.69) is 64.1 Å². The third-order valence-corrected chi connectivity index (χ3v) is 3.83. The van der Waals surface area contributed by atoms with Crippen LogP contribution in [0.25, 0.3) is 0 Å². The fraction of sp³-hybridized carbons (Fsp3) is 0.765. The largest absolute Gasteiger partial charge is 0.370 e. The summed E-state index contributed by atoms with van der Waals surface area (Å²) in [5.41, 5.74) is -0.0556. The van der Waals surface area contributed by atoms with Gasteiger partial charge in [-0.3, -0.25) is 0 Å². The van der Waals surface area contributed by atoms with Gasteiger partial charge in [0.15, 0.2) is 0 Å². The van der Waals surface area contributed by atoms with Gasteiger partial charge in [-0.05, 0) is 19.3 Å². The van der Waals surface area contributed by atoms with Crippen LogP contribution in [0, 0.1) is 5.92 Å². The molecule has 120 valence electrons.